The monoisotopic (exact) mass is 274 g/mol. The van der Waals surface area contributed by atoms with Gasteiger partial charge in [-0.25, -0.2) is 0 Å². The molecule has 0 saturated heterocycles. The summed E-state index contributed by atoms with van der Waals surface area (Å²) in [5.41, 5.74) is 1.19. The number of thiocarbonyl (C=S) groups is 1. The van der Waals surface area contributed by atoms with E-state index in [0.29, 0.717) is 6.04 Å². The minimum absolute atomic E-state index is 0.615. The molecular formula is C16H22N2S. The summed E-state index contributed by atoms with van der Waals surface area (Å²) in [6.45, 7) is 3.07. The lowest BCUT2D eigenvalue weighted by Gasteiger charge is -2.30. The average molecular weight is 274 g/mol. The molecule has 1 aromatic carbocycles. The minimum atomic E-state index is 0.615. The lowest BCUT2D eigenvalue weighted by atomic mass is 9.95. The zero-order chi connectivity index (χ0) is 13.2. The zero-order valence-electron chi connectivity index (χ0n) is 11.5. The van der Waals surface area contributed by atoms with Crippen molar-refractivity contribution in [3.8, 4) is 0 Å². The van der Waals surface area contributed by atoms with E-state index in [1.54, 1.807) is 0 Å². The number of para-hydroxylation sites is 1. The molecule has 2 nitrogen and oxygen atoms in total. The van der Waals surface area contributed by atoms with Gasteiger partial charge in [0.15, 0.2) is 5.11 Å². The summed E-state index contributed by atoms with van der Waals surface area (Å²) in [5.74, 6) is 1.81. The molecule has 0 radical (unpaired) electrons. The highest BCUT2D eigenvalue weighted by atomic mass is 32.1. The first-order valence-electron chi connectivity index (χ1n) is 7.41. The van der Waals surface area contributed by atoms with E-state index in [0.717, 1.165) is 23.5 Å². The van der Waals surface area contributed by atoms with Gasteiger partial charge in [0.1, 0.15) is 0 Å². The zero-order valence-corrected chi connectivity index (χ0v) is 12.3. The summed E-state index contributed by atoms with van der Waals surface area (Å²) in [5, 5.41) is 4.51. The molecule has 0 unspecified atom stereocenters. The summed E-state index contributed by atoms with van der Waals surface area (Å²) >= 11 is 5.62. The lowest BCUT2D eigenvalue weighted by molar-refractivity contribution is 0.390. The maximum atomic E-state index is 5.62. The summed E-state index contributed by atoms with van der Waals surface area (Å²) in [6, 6.07) is 11.0. The summed E-state index contributed by atoms with van der Waals surface area (Å²) in [7, 11) is 0. The molecule has 19 heavy (non-hydrogen) atoms. The summed E-state index contributed by atoms with van der Waals surface area (Å²) < 4.78 is 0. The van der Waals surface area contributed by atoms with Gasteiger partial charge in [0, 0.05) is 18.3 Å². The van der Waals surface area contributed by atoms with Crippen molar-refractivity contribution in [3.05, 3.63) is 30.3 Å². The second-order valence-electron chi connectivity index (χ2n) is 5.81. The predicted molar refractivity (Wildman–Crippen MR) is 84.4 cm³/mol. The Kier molecular flexibility index (Phi) is 3.74. The second-order valence-corrected chi connectivity index (χ2v) is 6.20. The third-order valence-corrected chi connectivity index (χ3v) is 5.01. The molecule has 2 saturated carbocycles. The van der Waals surface area contributed by atoms with Crippen LogP contribution in [0.2, 0.25) is 0 Å². The molecule has 3 heteroatoms. The molecular weight excluding hydrogens is 252 g/mol. The Morgan fingerprint density at radius 3 is 2.63 bits per heavy atom. The molecule has 2 aliphatic carbocycles. The van der Waals surface area contributed by atoms with E-state index in [2.05, 4.69) is 41.4 Å². The Balaban J connectivity index is 1.65. The van der Waals surface area contributed by atoms with Gasteiger partial charge in [0.05, 0.1) is 0 Å². The van der Waals surface area contributed by atoms with Crippen LogP contribution < -0.4 is 10.2 Å². The topological polar surface area (TPSA) is 15.3 Å². The Hall–Kier alpha value is -1.09. The molecule has 0 aliphatic heterocycles. The van der Waals surface area contributed by atoms with E-state index in [9.17, 15) is 0 Å². The van der Waals surface area contributed by atoms with Crippen LogP contribution in [-0.2, 0) is 0 Å². The van der Waals surface area contributed by atoms with Crippen molar-refractivity contribution in [1.82, 2.24) is 5.32 Å². The van der Waals surface area contributed by atoms with Crippen molar-refractivity contribution in [1.29, 1.82) is 0 Å². The van der Waals surface area contributed by atoms with Crippen LogP contribution in [0.25, 0.3) is 0 Å². The van der Waals surface area contributed by atoms with Gasteiger partial charge in [-0.2, -0.15) is 0 Å². The van der Waals surface area contributed by atoms with Crippen LogP contribution in [0.4, 0.5) is 5.69 Å². The maximum absolute atomic E-state index is 5.62. The highest BCUT2D eigenvalue weighted by molar-refractivity contribution is 7.80. The maximum Gasteiger partial charge on any atom is 0.173 e. The number of fused-ring (bicyclic) bond motifs is 2. The number of nitrogens with one attached hydrogen (secondary N) is 1. The Morgan fingerprint density at radius 1 is 1.26 bits per heavy atom. The molecule has 2 aliphatic rings. The van der Waals surface area contributed by atoms with Crippen molar-refractivity contribution in [2.24, 2.45) is 11.8 Å². The van der Waals surface area contributed by atoms with E-state index in [1.165, 1.54) is 31.4 Å². The third-order valence-electron chi connectivity index (χ3n) is 4.68. The first kappa shape index (κ1) is 12.9. The molecule has 2 fully saturated rings. The fraction of sp³-hybridized carbons (Fsp3) is 0.562. The van der Waals surface area contributed by atoms with Crippen molar-refractivity contribution in [3.63, 3.8) is 0 Å². The number of rotatable bonds is 3. The van der Waals surface area contributed by atoms with Gasteiger partial charge < -0.3 is 10.2 Å². The molecule has 1 aromatic rings. The highest BCUT2D eigenvalue weighted by Gasteiger charge is 2.39. The largest absolute Gasteiger partial charge is 0.359 e. The van der Waals surface area contributed by atoms with Gasteiger partial charge in [-0.15, -0.1) is 0 Å². The fourth-order valence-corrected chi connectivity index (χ4v) is 4.10. The van der Waals surface area contributed by atoms with Gasteiger partial charge in [-0.05, 0) is 62.4 Å². The van der Waals surface area contributed by atoms with Gasteiger partial charge in [0.25, 0.3) is 0 Å². The molecule has 3 rings (SSSR count). The van der Waals surface area contributed by atoms with Crippen LogP contribution in [0.5, 0.6) is 0 Å². The molecule has 2 bridgehead atoms. The van der Waals surface area contributed by atoms with Crippen molar-refractivity contribution in [2.75, 3.05) is 11.4 Å². The van der Waals surface area contributed by atoms with E-state index >= 15 is 0 Å². The number of anilines is 1. The van der Waals surface area contributed by atoms with Gasteiger partial charge in [0.2, 0.25) is 0 Å². The van der Waals surface area contributed by atoms with Gasteiger partial charge >= 0.3 is 0 Å². The number of hydrogen-bond acceptors (Lipinski definition) is 1. The Morgan fingerprint density at radius 2 is 2.05 bits per heavy atom. The number of hydrogen-bond donors (Lipinski definition) is 1. The summed E-state index contributed by atoms with van der Waals surface area (Å²) in [6.07, 6.45) is 5.56. The van der Waals surface area contributed by atoms with E-state index in [1.807, 2.05) is 6.07 Å². The first-order chi connectivity index (χ1) is 9.28. The predicted octanol–water partition coefficient (Wildman–Crippen LogP) is 3.58. The van der Waals surface area contributed by atoms with Crippen LogP contribution in [0, 0.1) is 11.8 Å². The number of nitrogens with zero attached hydrogens (tertiary/aromatic N) is 1. The van der Waals surface area contributed by atoms with Crippen molar-refractivity contribution >= 4 is 23.0 Å². The first-order valence-corrected chi connectivity index (χ1v) is 7.82. The second kappa shape index (κ2) is 5.49. The van der Waals surface area contributed by atoms with E-state index < -0.39 is 0 Å². The highest BCUT2D eigenvalue weighted by Crippen LogP contribution is 2.44. The Bertz CT molecular complexity index is 445. The Labute approximate surface area is 121 Å². The van der Waals surface area contributed by atoms with Crippen LogP contribution in [0.15, 0.2) is 30.3 Å². The molecule has 0 spiro atoms. The smallest absolute Gasteiger partial charge is 0.173 e. The number of benzene rings is 1. The fourth-order valence-electron chi connectivity index (χ4n) is 3.71. The summed E-state index contributed by atoms with van der Waals surface area (Å²) in [4.78, 5) is 2.20. The lowest BCUT2D eigenvalue weighted by Crippen LogP contribution is -2.46. The van der Waals surface area contributed by atoms with Crippen LogP contribution >= 0.6 is 12.2 Å². The normalized spacial score (nSPS) is 28.4. The molecule has 0 heterocycles. The molecule has 1 N–H and O–H groups in total. The molecule has 3 atom stereocenters. The van der Waals surface area contributed by atoms with Crippen molar-refractivity contribution in [2.45, 2.75) is 38.6 Å². The van der Waals surface area contributed by atoms with Crippen LogP contribution in [0.3, 0.4) is 0 Å². The molecule has 102 valence electrons. The van der Waals surface area contributed by atoms with Gasteiger partial charge in [-0.3, -0.25) is 0 Å². The molecule has 0 aromatic heterocycles. The van der Waals surface area contributed by atoms with Gasteiger partial charge in [-0.1, -0.05) is 24.6 Å². The molecule has 0 amide bonds. The van der Waals surface area contributed by atoms with Crippen molar-refractivity contribution < 1.29 is 0 Å². The quantitative estimate of drug-likeness (QED) is 0.848. The van der Waals surface area contributed by atoms with Crippen LogP contribution in [-0.4, -0.2) is 17.7 Å². The minimum Gasteiger partial charge on any atom is -0.359 e. The van der Waals surface area contributed by atoms with Crippen LogP contribution in [0.1, 0.15) is 32.6 Å². The standard InChI is InChI=1S/C16H22N2S/c1-2-18(14-6-4-3-5-7-14)16(19)17-15-11-12-8-9-13(15)10-12/h3-7,12-13,15H,2,8-11H2,1H3,(H,17,19)/t12-,13-,15+/m1/s1. The third kappa shape index (κ3) is 2.62. The van der Waals surface area contributed by atoms with E-state index in [4.69, 9.17) is 12.2 Å². The van der Waals surface area contributed by atoms with E-state index in [-0.39, 0.29) is 0 Å². The average Bonchev–Trinajstić information content (AvgIpc) is 3.03. The SMILES string of the molecule is CCN(C(=S)N[C@H]1C[C@@H]2CC[C@@H]1C2)c1ccccc1.